The van der Waals surface area contributed by atoms with Gasteiger partial charge in [-0.1, -0.05) is 42.5 Å². The van der Waals surface area contributed by atoms with Crippen molar-refractivity contribution >= 4 is 60.4 Å². The van der Waals surface area contributed by atoms with E-state index in [4.69, 9.17) is 9.97 Å². The minimum atomic E-state index is 0.743. The fourth-order valence-electron chi connectivity index (χ4n) is 7.13. The molecule has 0 unspecified atom stereocenters. The summed E-state index contributed by atoms with van der Waals surface area (Å²) in [6.45, 7) is 0. The first-order valence-corrected chi connectivity index (χ1v) is 13.9. The maximum atomic E-state index is 5.05. The number of pyridine rings is 3. The number of aromatic nitrogens is 5. The molecule has 1 aliphatic rings. The number of hydrogen-bond acceptors (Lipinski definition) is 3. The van der Waals surface area contributed by atoms with Crippen molar-refractivity contribution in [3.05, 3.63) is 127 Å². The topological polar surface area (TPSA) is 48.0 Å². The highest BCUT2D eigenvalue weighted by molar-refractivity contribution is 6.30. The molecule has 10 rings (SSSR count). The van der Waals surface area contributed by atoms with Crippen LogP contribution in [0.5, 0.6) is 0 Å². The molecule has 0 radical (unpaired) electrons. The normalized spacial score (nSPS) is 12.8. The van der Waals surface area contributed by atoms with E-state index in [-0.39, 0.29) is 0 Å². The van der Waals surface area contributed by atoms with Gasteiger partial charge < -0.3 is 4.57 Å². The van der Waals surface area contributed by atoms with Gasteiger partial charge in [0.1, 0.15) is 5.65 Å². The van der Waals surface area contributed by atoms with Gasteiger partial charge in [-0.2, -0.15) is 0 Å². The van der Waals surface area contributed by atoms with Crippen molar-refractivity contribution in [3.63, 3.8) is 0 Å². The van der Waals surface area contributed by atoms with E-state index in [1.807, 2.05) is 24.5 Å². The summed E-state index contributed by atoms with van der Waals surface area (Å²) >= 11 is 0. The molecule has 4 aromatic carbocycles. The van der Waals surface area contributed by atoms with E-state index in [1.54, 1.807) is 0 Å². The first kappa shape index (κ1) is 21.3. The average molecular weight is 524 g/mol. The average Bonchev–Trinajstić information content (AvgIpc) is 3.69. The van der Waals surface area contributed by atoms with E-state index in [0.29, 0.717) is 0 Å². The Kier molecular flexibility index (Phi) is 3.92. The van der Waals surface area contributed by atoms with Gasteiger partial charge in [-0.15, -0.1) is 0 Å². The van der Waals surface area contributed by atoms with Crippen LogP contribution in [0.15, 0.2) is 116 Å². The molecule has 0 bridgehead atoms. The Hall–Kier alpha value is -5.55. The second-order valence-electron chi connectivity index (χ2n) is 10.9. The minimum Gasteiger partial charge on any atom is -0.309 e. The van der Waals surface area contributed by atoms with Crippen LogP contribution in [-0.2, 0) is 6.42 Å². The highest BCUT2D eigenvalue weighted by atomic mass is 15.1. The summed E-state index contributed by atoms with van der Waals surface area (Å²) in [5.41, 5.74) is 13.6. The second kappa shape index (κ2) is 7.55. The Balaban J connectivity index is 1.47. The number of imidazole rings is 1. The third-order valence-corrected chi connectivity index (χ3v) is 8.79. The van der Waals surface area contributed by atoms with E-state index in [2.05, 4.69) is 105 Å². The van der Waals surface area contributed by atoms with Gasteiger partial charge in [0.15, 0.2) is 5.65 Å². The molecule has 0 N–H and O–H groups in total. The largest absolute Gasteiger partial charge is 0.309 e. The monoisotopic (exact) mass is 523 g/mol. The number of hydrogen-bond donors (Lipinski definition) is 0. The van der Waals surface area contributed by atoms with E-state index in [1.165, 1.54) is 44.1 Å². The van der Waals surface area contributed by atoms with E-state index < -0.39 is 0 Å². The number of benzene rings is 4. The smallest absolute Gasteiger partial charge is 0.178 e. The van der Waals surface area contributed by atoms with Crippen LogP contribution in [0.3, 0.4) is 0 Å². The van der Waals surface area contributed by atoms with Crippen molar-refractivity contribution in [2.75, 3.05) is 0 Å². The molecule has 0 amide bonds. The van der Waals surface area contributed by atoms with Gasteiger partial charge in [-0.3, -0.25) is 9.38 Å². The van der Waals surface area contributed by atoms with Crippen LogP contribution in [0.2, 0.25) is 0 Å². The zero-order valence-electron chi connectivity index (χ0n) is 21.9. The molecular formula is C36H21N5. The molecule has 1 aliphatic carbocycles. The lowest BCUT2D eigenvalue weighted by atomic mass is 9.99. The SMILES string of the molecule is c1ccc(-n2c3cc4c(cc3c3c5c(ccc32)c2nc3ncccc3n2c2cccnc52)Cc2ccccc2-4)cc1. The summed E-state index contributed by atoms with van der Waals surface area (Å²) in [5.74, 6) is 0. The fourth-order valence-corrected chi connectivity index (χ4v) is 7.13. The van der Waals surface area contributed by atoms with Crippen LogP contribution in [0.25, 0.3) is 77.2 Å². The maximum absolute atomic E-state index is 5.05. The Morgan fingerprint density at radius 3 is 2.32 bits per heavy atom. The summed E-state index contributed by atoms with van der Waals surface area (Å²) in [5, 5.41) is 4.67. The van der Waals surface area contributed by atoms with Crippen LogP contribution in [-0.4, -0.2) is 23.9 Å². The summed E-state index contributed by atoms with van der Waals surface area (Å²) in [6, 6.07) is 37.0. The van der Waals surface area contributed by atoms with Gasteiger partial charge in [-0.25, -0.2) is 9.97 Å². The first-order valence-electron chi connectivity index (χ1n) is 13.9. The van der Waals surface area contributed by atoms with Crippen molar-refractivity contribution < 1.29 is 0 Å². The van der Waals surface area contributed by atoms with Crippen LogP contribution in [0, 0.1) is 0 Å². The lowest BCUT2D eigenvalue weighted by Gasteiger charge is -2.11. The van der Waals surface area contributed by atoms with Gasteiger partial charge in [0.25, 0.3) is 0 Å². The lowest BCUT2D eigenvalue weighted by Crippen LogP contribution is -1.95. The standard InChI is InChI=1S/C36H21N5/c1-2-9-23(10-3-1)40-28-15-14-25-33(32(28)27-19-22-18-21-8-4-5-11-24(21)26(22)20-31(27)40)34-29(12-6-16-37-34)41-30-13-7-17-38-35(30)39-36(25)41/h1-17,19-20H,18H2. The van der Waals surface area contributed by atoms with Crippen molar-refractivity contribution in [2.45, 2.75) is 6.42 Å². The van der Waals surface area contributed by atoms with E-state index >= 15 is 0 Å². The van der Waals surface area contributed by atoms with Gasteiger partial charge in [-0.05, 0) is 89.3 Å². The highest BCUT2D eigenvalue weighted by Crippen LogP contribution is 2.45. The molecule has 41 heavy (non-hydrogen) atoms. The molecule has 5 heterocycles. The van der Waals surface area contributed by atoms with Gasteiger partial charge >= 0.3 is 0 Å². The predicted molar refractivity (Wildman–Crippen MR) is 166 cm³/mol. The lowest BCUT2D eigenvalue weighted by molar-refractivity contribution is 1.18. The molecule has 0 saturated heterocycles. The number of nitrogens with zero attached hydrogens (tertiary/aromatic N) is 5. The van der Waals surface area contributed by atoms with E-state index in [9.17, 15) is 0 Å². The third-order valence-electron chi connectivity index (χ3n) is 8.79. The molecule has 0 atom stereocenters. The van der Waals surface area contributed by atoms with Gasteiger partial charge in [0.05, 0.1) is 27.6 Å². The Morgan fingerprint density at radius 1 is 0.561 bits per heavy atom. The molecule has 190 valence electrons. The first-order chi connectivity index (χ1) is 20.3. The summed E-state index contributed by atoms with van der Waals surface area (Å²) in [6.07, 6.45) is 4.65. The molecular weight excluding hydrogens is 502 g/mol. The summed E-state index contributed by atoms with van der Waals surface area (Å²) in [7, 11) is 0. The summed E-state index contributed by atoms with van der Waals surface area (Å²) < 4.78 is 4.62. The van der Waals surface area contributed by atoms with Crippen molar-refractivity contribution in [1.82, 2.24) is 23.9 Å². The zero-order valence-corrected chi connectivity index (χ0v) is 21.9. The second-order valence-corrected chi connectivity index (χ2v) is 10.9. The molecule has 9 aromatic rings. The molecule has 0 spiro atoms. The highest BCUT2D eigenvalue weighted by Gasteiger charge is 2.25. The van der Waals surface area contributed by atoms with Crippen LogP contribution < -0.4 is 0 Å². The number of rotatable bonds is 1. The Bertz CT molecular complexity index is 2550. The van der Waals surface area contributed by atoms with Crippen LogP contribution >= 0.6 is 0 Å². The Labute approximate surface area is 234 Å². The maximum Gasteiger partial charge on any atom is 0.178 e. The molecule has 5 aromatic heterocycles. The quantitative estimate of drug-likeness (QED) is 0.204. The van der Waals surface area contributed by atoms with E-state index in [0.717, 1.165) is 50.7 Å². The molecule has 0 aliphatic heterocycles. The molecule has 5 nitrogen and oxygen atoms in total. The van der Waals surface area contributed by atoms with Crippen molar-refractivity contribution in [2.24, 2.45) is 0 Å². The van der Waals surface area contributed by atoms with Crippen molar-refractivity contribution in [1.29, 1.82) is 0 Å². The Morgan fingerprint density at radius 2 is 1.39 bits per heavy atom. The van der Waals surface area contributed by atoms with Gasteiger partial charge in [0, 0.05) is 39.6 Å². The third kappa shape index (κ3) is 2.68. The number of fused-ring (bicyclic) bond motifs is 15. The van der Waals surface area contributed by atoms with Gasteiger partial charge in [0.2, 0.25) is 0 Å². The van der Waals surface area contributed by atoms with Crippen molar-refractivity contribution in [3.8, 4) is 16.8 Å². The summed E-state index contributed by atoms with van der Waals surface area (Å²) in [4.78, 5) is 14.6. The molecule has 5 heteroatoms. The minimum absolute atomic E-state index is 0.743. The fraction of sp³-hybridized carbons (Fsp3) is 0.0278. The predicted octanol–water partition coefficient (Wildman–Crippen LogP) is 8.25. The van der Waals surface area contributed by atoms with Crippen LogP contribution in [0.4, 0.5) is 0 Å². The number of para-hydroxylation sites is 1. The molecule has 0 fully saturated rings. The van der Waals surface area contributed by atoms with Crippen LogP contribution in [0.1, 0.15) is 11.1 Å². The molecule has 0 saturated carbocycles. The zero-order chi connectivity index (χ0) is 26.7.